The maximum absolute atomic E-state index is 12.4. The van der Waals surface area contributed by atoms with Crippen LogP contribution in [0, 0.1) is 0 Å². The van der Waals surface area contributed by atoms with Crippen molar-refractivity contribution in [3.05, 3.63) is 35.4 Å². The van der Waals surface area contributed by atoms with Gasteiger partial charge in [0.2, 0.25) is 5.91 Å². The van der Waals surface area contributed by atoms with Crippen molar-refractivity contribution in [1.82, 2.24) is 5.32 Å². The van der Waals surface area contributed by atoms with Crippen LogP contribution in [0.25, 0.3) is 0 Å². The summed E-state index contributed by atoms with van der Waals surface area (Å²) in [5, 5.41) is 12.0. The minimum atomic E-state index is -4.34. The molecule has 118 valence electrons. The molecule has 3 nitrogen and oxygen atoms in total. The third-order valence-electron chi connectivity index (χ3n) is 3.19. The molecule has 0 bridgehead atoms. The number of carbonyl (C=O) groups excluding carboxylic acids is 1. The van der Waals surface area contributed by atoms with Crippen molar-refractivity contribution < 1.29 is 23.1 Å². The fourth-order valence-electron chi connectivity index (χ4n) is 1.79. The summed E-state index contributed by atoms with van der Waals surface area (Å²) in [5.41, 5.74) is -0.00371. The van der Waals surface area contributed by atoms with E-state index < -0.39 is 17.8 Å². The second kappa shape index (κ2) is 8.02. The predicted octanol–water partition coefficient (Wildman–Crippen LogP) is 2.92. The van der Waals surface area contributed by atoms with Crippen molar-refractivity contribution in [3.63, 3.8) is 0 Å². The van der Waals surface area contributed by atoms with Gasteiger partial charge >= 0.3 is 6.18 Å². The molecule has 2 N–H and O–H groups in total. The Hall–Kier alpha value is -1.56. The van der Waals surface area contributed by atoms with Crippen LogP contribution in [0.5, 0.6) is 0 Å². The summed E-state index contributed by atoms with van der Waals surface area (Å²) in [5.74, 6) is -0.168. The lowest BCUT2D eigenvalue weighted by Crippen LogP contribution is -2.27. The first-order valence-corrected chi connectivity index (χ1v) is 6.93. The highest BCUT2D eigenvalue weighted by molar-refractivity contribution is 5.76. The summed E-state index contributed by atoms with van der Waals surface area (Å²) in [4.78, 5) is 11.5. The van der Waals surface area contributed by atoms with E-state index in [2.05, 4.69) is 5.32 Å². The topological polar surface area (TPSA) is 49.3 Å². The van der Waals surface area contributed by atoms with Crippen molar-refractivity contribution in [2.75, 3.05) is 6.54 Å². The summed E-state index contributed by atoms with van der Waals surface area (Å²) in [6.07, 6.45) is -3.01. The first-order chi connectivity index (χ1) is 9.82. The fraction of sp³-hybridized carbons (Fsp3) is 0.533. The SMILES string of the molecule is CCC(O)CCNC(=O)CCc1ccc(C(F)(F)F)cc1. The molecule has 0 saturated carbocycles. The molecule has 1 aromatic rings. The number of aliphatic hydroxyl groups is 1. The number of amides is 1. The molecule has 21 heavy (non-hydrogen) atoms. The maximum atomic E-state index is 12.4. The van der Waals surface area contributed by atoms with E-state index >= 15 is 0 Å². The number of hydrogen-bond donors (Lipinski definition) is 2. The van der Waals surface area contributed by atoms with Crippen LogP contribution in [0.4, 0.5) is 13.2 Å². The van der Waals surface area contributed by atoms with E-state index in [0.29, 0.717) is 31.4 Å². The second-order valence-electron chi connectivity index (χ2n) is 4.90. The molecule has 0 spiro atoms. The van der Waals surface area contributed by atoms with Crippen molar-refractivity contribution in [2.24, 2.45) is 0 Å². The zero-order chi connectivity index (χ0) is 15.9. The normalized spacial score (nSPS) is 13.0. The van der Waals surface area contributed by atoms with Crippen LogP contribution in [0.15, 0.2) is 24.3 Å². The van der Waals surface area contributed by atoms with E-state index in [9.17, 15) is 23.1 Å². The van der Waals surface area contributed by atoms with Gasteiger partial charge in [-0.1, -0.05) is 19.1 Å². The molecule has 1 aromatic carbocycles. The first-order valence-electron chi connectivity index (χ1n) is 6.93. The van der Waals surface area contributed by atoms with Gasteiger partial charge in [-0.05, 0) is 37.0 Å². The molecule has 1 amide bonds. The lowest BCUT2D eigenvalue weighted by molar-refractivity contribution is -0.137. The quantitative estimate of drug-likeness (QED) is 0.813. The zero-order valence-electron chi connectivity index (χ0n) is 11.9. The number of rotatable bonds is 7. The van der Waals surface area contributed by atoms with Gasteiger partial charge in [-0.15, -0.1) is 0 Å². The monoisotopic (exact) mass is 303 g/mol. The number of alkyl halides is 3. The molecule has 0 fully saturated rings. The molecule has 1 unspecified atom stereocenters. The third kappa shape index (κ3) is 6.62. The summed E-state index contributed by atoms with van der Waals surface area (Å²) in [6.45, 7) is 2.26. The molecule has 0 aliphatic carbocycles. The van der Waals surface area contributed by atoms with Gasteiger partial charge in [0.1, 0.15) is 0 Å². The standard InChI is InChI=1S/C15H20F3NO2/c1-2-13(20)9-10-19-14(21)8-5-11-3-6-12(7-4-11)15(16,17)18/h3-4,6-7,13,20H,2,5,8-10H2,1H3,(H,19,21). The maximum Gasteiger partial charge on any atom is 0.416 e. The molecule has 0 aromatic heterocycles. The molecule has 0 heterocycles. The van der Waals surface area contributed by atoms with Crippen molar-refractivity contribution in [1.29, 1.82) is 0 Å². The van der Waals surface area contributed by atoms with E-state index in [1.165, 1.54) is 12.1 Å². The summed E-state index contributed by atoms with van der Waals surface area (Å²) < 4.78 is 37.1. The second-order valence-corrected chi connectivity index (χ2v) is 4.90. The van der Waals surface area contributed by atoms with Gasteiger partial charge < -0.3 is 10.4 Å². The Balaban J connectivity index is 2.33. The highest BCUT2D eigenvalue weighted by atomic mass is 19.4. The van der Waals surface area contributed by atoms with Gasteiger partial charge in [-0.2, -0.15) is 13.2 Å². The lowest BCUT2D eigenvalue weighted by Gasteiger charge is -2.09. The smallest absolute Gasteiger partial charge is 0.393 e. The van der Waals surface area contributed by atoms with Crippen LogP contribution in [-0.4, -0.2) is 23.7 Å². The summed E-state index contributed by atoms with van der Waals surface area (Å²) in [7, 11) is 0. The number of carbonyl (C=O) groups is 1. The number of halogens is 3. The Kier molecular flexibility index (Phi) is 6.68. The number of hydrogen-bond acceptors (Lipinski definition) is 2. The highest BCUT2D eigenvalue weighted by Gasteiger charge is 2.29. The van der Waals surface area contributed by atoms with E-state index in [-0.39, 0.29) is 12.3 Å². The Morgan fingerprint density at radius 3 is 2.43 bits per heavy atom. The Labute approximate surface area is 122 Å². The van der Waals surface area contributed by atoms with Crippen LogP contribution in [0.1, 0.15) is 37.3 Å². The zero-order valence-corrected chi connectivity index (χ0v) is 11.9. The number of aryl methyl sites for hydroxylation is 1. The van der Waals surface area contributed by atoms with Gasteiger partial charge in [0.15, 0.2) is 0 Å². The van der Waals surface area contributed by atoms with Gasteiger partial charge in [-0.25, -0.2) is 0 Å². The predicted molar refractivity (Wildman–Crippen MR) is 73.7 cm³/mol. The van der Waals surface area contributed by atoms with Crippen LogP contribution in [0.3, 0.4) is 0 Å². The molecule has 1 rings (SSSR count). The lowest BCUT2D eigenvalue weighted by atomic mass is 10.1. The van der Waals surface area contributed by atoms with Crippen LogP contribution < -0.4 is 5.32 Å². The van der Waals surface area contributed by atoms with E-state index in [0.717, 1.165) is 12.1 Å². The summed E-state index contributed by atoms with van der Waals surface area (Å²) >= 11 is 0. The molecule has 0 aliphatic rings. The minimum absolute atomic E-state index is 0.168. The molecular formula is C15H20F3NO2. The van der Waals surface area contributed by atoms with Gasteiger partial charge in [0.05, 0.1) is 11.7 Å². The van der Waals surface area contributed by atoms with Crippen molar-refractivity contribution in [3.8, 4) is 0 Å². The number of nitrogens with one attached hydrogen (secondary N) is 1. The fourth-order valence-corrected chi connectivity index (χ4v) is 1.79. The van der Waals surface area contributed by atoms with Crippen molar-refractivity contribution >= 4 is 5.91 Å². The number of benzene rings is 1. The highest BCUT2D eigenvalue weighted by Crippen LogP contribution is 2.29. The van der Waals surface area contributed by atoms with Gasteiger partial charge in [0, 0.05) is 13.0 Å². The van der Waals surface area contributed by atoms with Gasteiger partial charge in [0.25, 0.3) is 0 Å². The molecule has 6 heteroatoms. The molecule has 1 atom stereocenters. The molecule has 0 saturated heterocycles. The van der Waals surface area contributed by atoms with Crippen LogP contribution in [-0.2, 0) is 17.4 Å². The van der Waals surface area contributed by atoms with Gasteiger partial charge in [-0.3, -0.25) is 4.79 Å². The third-order valence-corrected chi connectivity index (χ3v) is 3.19. The van der Waals surface area contributed by atoms with E-state index in [4.69, 9.17) is 0 Å². The Bertz CT molecular complexity index is 443. The Morgan fingerprint density at radius 2 is 1.90 bits per heavy atom. The minimum Gasteiger partial charge on any atom is -0.393 e. The Morgan fingerprint density at radius 1 is 1.29 bits per heavy atom. The van der Waals surface area contributed by atoms with Crippen LogP contribution in [0.2, 0.25) is 0 Å². The molecule has 0 radical (unpaired) electrons. The summed E-state index contributed by atoms with van der Waals surface area (Å²) in [6, 6.07) is 4.81. The average Bonchev–Trinajstić information content (AvgIpc) is 2.44. The molecular weight excluding hydrogens is 283 g/mol. The largest absolute Gasteiger partial charge is 0.416 e. The first kappa shape index (κ1) is 17.5. The van der Waals surface area contributed by atoms with E-state index in [1.807, 2.05) is 6.92 Å². The van der Waals surface area contributed by atoms with Crippen molar-refractivity contribution in [2.45, 2.75) is 44.9 Å². The van der Waals surface area contributed by atoms with E-state index in [1.54, 1.807) is 0 Å². The molecule has 0 aliphatic heterocycles. The van der Waals surface area contributed by atoms with Crippen LogP contribution >= 0.6 is 0 Å². The number of aliphatic hydroxyl groups excluding tert-OH is 1. The average molecular weight is 303 g/mol.